The highest BCUT2D eigenvalue weighted by Crippen LogP contribution is 2.41. The molecule has 26 heavy (non-hydrogen) atoms. The summed E-state index contributed by atoms with van der Waals surface area (Å²) >= 11 is 1.39. The van der Waals surface area contributed by atoms with Gasteiger partial charge < -0.3 is 4.74 Å². The highest BCUT2D eigenvalue weighted by atomic mass is 32.2. The van der Waals surface area contributed by atoms with Crippen LogP contribution in [0.1, 0.15) is 25.0 Å². The number of benzene rings is 2. The summed E-state index contributed by atoms with van der Waals surface area (Å²) in [6.07, 6.45) is 0.907. The Hall–Kier alpha value is -2.53. The molecule has 2 amide bonds. The molecule has 5 heteroatoms. The number of amides is 2. The molecule has 0 N–H and O–H groups in total. The number of aryl methyl sites for hydroxylation is 1. The zero-order valence-corrected chi connectivity index (χ0v) is 15.9. The van der Waals surface area contributed by atoms with Gasteiger partial charge in [-0.25, -0.2) is 4.90 Å². The van der Waals surface area contributed by atoms with E-state index in [1.165, 1.54) is 16.7 Å². The Labute approximate surface area is 157 Å². The maximum Gasteiger partial charge on any atom is 0.272 e. The van der Waals surface area contributed by atoms with Crippen molar-refractivity contribution in [3.63, 3.8) is 0 Å². The number of rotatable bonds is 6. The lowest BCUT2D eigenvalue weighted by molar-refractivity contribution is -0.119. The Morgan fingerprint density at radius 1 is 0.962 bits per heavy atom. The third-order valence-electron chi connectivity index (χ3n) is 4.31. The molecule has 1 aliphatic rings. The fraction of sp³-hybridized carbons (Fsp3) is 0.238. The first-order valence-electron chi connectivity index (χ1n) is 8.60. The van der Waals surface area contributed by atoms with Crippen LogP contribution in [0.25, 0.3) is 5.57 Å². The van der Waals surface area contributed by atoms with Crippen LogP contribution < -0.4 is 9.64 Å². The van der Waals surface area contributed by atoms with Gasteiger partial charge in [-0.05, 0) is 35.9 Å². The molecule has 0 aliphatic carbocycles. The lowest BCUT2D eigenvalue weighted by Crippen LogP contribution is -2.31. The number of ether oxygens (including phenoxy) is 1. The minimum Gasteiger partial charge on any atom is -0.496 e. The van der Waals surface area contributed by atoms with Gasteiger partial charge >= 0.3 is 0 Å². The Morgan fingerprint density at radius 3 is 2.27 bits per heavy atom. The third kappa shape index (κ3) is 3.15. The van der Waals surface area contributed by atoms with Crippen molar-refractivity contribution in [1.29, 1.82) is 0 Å². The molecular weight excluding hydrogens is 346 g/mol. The summed E-state index contributed by atoms with van der Waals surface area (Å²) in [4.78, 5) is 28.0. The fourth-order valence-corrected chi connectivity index (χ4v) is 3.84. The van der Waals surface area contributed by atoms with Crippen LogP contribution in [0.4, 0.5) is 5.69 Å². The molecule has 134 valence electrons. The van der Waals surface area contributed by atoms with Crippen LogP contribution in [0, 0.1) is 0 Å². The van der Waals surface area contributed by atoms with Crippen molar-refractivity contribution in [2.24, 2.45) is 0 Å². The monoisotopic (exact) mass is 367 g/mol. The maximum atomic E-state index is 13.2. The first-order valence-corrected chi connectivity index (χ1v) is 9.59. The van der Waals surface area contributed by atoms with Crippen LogP contribution in [0.15, 0.2) is 53.4 Å². The number of methoxy groups -OCH3 is 1. The molecule has 3 rings (SSSR count). The molecule has 1 heterocycles. The maximum absolute atomic E-state index is 13.2. The highest BCUT2D eigenvalue weighted by Gasteiger charge is 2.40. The minimum atomic E-state index is -0.306. The zero-order valence-electron chi connectivity index (χ0n) is 15.1. The van der Waals surface area contributed by atoms with E-state index in [1.54, 1.807) is 13.2 Å². The Bertz CT molecular complexity index is 871. The van der Waals surface area contributed by atoms with Crippen molar-refractivity contribution in [2.75, 3.05) is 17.8 Å². The Kier molecular flexibility index (Phi) is 5.47. The number of thioether (sulfide) groups is 1. The summed E-state index contributed by atoms with van der Waals surface area (Å²) in [6.45, 7) is 4.03. The molecule has 0 saturated carbocycles. The van der Waals surface area contributed by atoms with Gasteiger partial charge in [-0.15, -0.1) is 11.8 Å². The molecule has 2 aromatic rings. The molecule has 0 radical (unpaired) electrons. The van der Waals surface area contributed by atoms with E-state index in [0.717, 1.165) is 12.0 Å². The summed E-state index contributed by atoms with van der Waals surface area (Å²) in [7, 11) is 1.56. The number of para-hydroxylation sites is 1. The summed E-state index contributed by atoms with van der Waals surface area (Å²) in [5.41, 5.74) is 2.82. The second-order valence-electron chi connectivity index (χ2n) is 5.80. The van der Waals surface area contributed by atoms with E-state index in [-0.39, 0.29) is 11.8 Å². The van der Waals surface area contributed by atoms with E-state index in [1.807, 2.05) is 49.4 Å². The Balaban J connectivity index is 2.09. The molecule has 0 aromatic heterocycles. The predicted molar refractivity (Wildman–Crippen MR) is 106 cm³/mol. The topological polar surface area (TPSA) is 46.6 Å². The molecule has 4 nitrogen and oxygen atoms in total. The van der Waals surface area contributed by atoms with Crippen LogP contribution in [0.3, 0.4) is 0 Å². The average Bonchev–Trinajstić information content (AvgIpc) is 2.92. The van der Waals surface area contributed by atoms with E-state index in [4.69, 9.17) is 4.74 Å². The summed E-state index contributed by atoms with van der Waals surface area (Å²) in [5, 5.41) is 0. The van der Waals surface area contributed by atoms with Crippen LogP contribution in [0.2, 0.25) is 0 Å². The van der Waals surface area contributed by atoms with Gasteiger partial charge in [0.2, 0.25) is 0 Å². The number of hydrogen-bond donors (Lipinski definition) is 0. The molecule has 0 fully saturated rings. The summed E-state index contributed by atoms with van der Waals surface area (Å²) < 4.78 is 5.41. The zero-order chi connectivity index (χ0) is 18.7. The molecule has 0 unspecified atom stereocenters. The number of carbonyl (C=O) groups is 2. The fourth-order valence-electron chi connectivity index (χ4n) is 2.99. The van der Waals surface area contributed by atoms with Gasteiger partial charge in [-0.1, -0.05) is 44.2 Å². The van der Waals surface area contributed by atoms with Crippen LogP contribution in [-0.4, -0.2) is 24.7 Å². The van der Waals surface area contributed by atoms with Crippen molar-refractivity contribution in [3.05, 3.63) is 64.6 Å². The van der Waals surface area contributed by atoms with E-state index in [9.17, 15) is 9.59 Å². The van der Waals surface area contributed by atoms with Crippen molar-refractivity contribution >= 4 is 34.8 Å². The number of hydrogen-bond acceptors (Lipinski definition) is 4. The molecule has 0 saturated heterocycles. The molecule has 0 atom stereocenters. The SMILES string of the molecule is CCSC1=C(c2ccccc2OC)C(=O)N(c2ccc(CC)cc2)C1=O. The van der Waals surface area contributed by atoms with Crippen molar-refractivity contribution < 1.29 is 14.3 Å². The normalized spacial score (nSPS) is 14.3. The van der Waals surface area contributed by atoms with Gasteiger partial charge in [0.15, 0.2) is 0 Å². The first-order chi connectivity index (χ1) is 12.6. The van der Waals surface area contributed by atoms with Gasteiger partial charge in [-0.2, -0.15) is 0 Å². The average molecular weight is 367 g/mol. The van der Waals surface area contributed by atoms with Crippen molar-refractivity contribution in [2.45, 2.75) is 20.3 Å². The third-order valence-corrected chi connectivity index (χ3v) is 5.27. The lowest BCUT2D eigenvalue weighted by Gasteiger charge is -2.16. The van der Waals surface area contributed by atoms with E-state index < -0.39 is 0 Å². The molecule has 0 bridgehead atoms. The van der Waals surface area contributed by atoms with E-state index >= 15 is 0 Å². The Morgan fingerprint density at radius 2 is 1.65 bits per heavy atom. The molecular formula is C21H21NO3S. The summed E-state index contributed by atoms with van der Waals surface area (Å²) in [6, 6.07) is 14.9. The van der Waals surface area contributed by atoms with Crippen molar-refractivity contribution in [1.82, 2.24) is 0 Å². The number of nitrogens with zero attached hydrogens (tertiary/aromatic N) is 1. The second kappa shape index (κ2) is 7.79. The van der Waals surface area contributed by atoms with Gasteiger partial charge in [0.1, 0.15) is 5.75 Å². The van der Waals surface area contributed by atoms with Gasteiger partial charge in [0.05, 0.1) is 23.3 Å². The van der Waals surface area contributed by atoms with E-state index in [0.29, 0.717) is 33.2 Å². The highest BCUT2D eigenvalue weighted by molar-refractivity contribution is 8.04. The quantitative estimate of drug-likeness (QED) is 0.715. The largest absolute Gasteiger partial charge is 0.496 e. The number of imide groups is 1. The smallest absolute Gasteiger partial charge is 0.272 e. The van der Waals surface area contributed by atoms with Gasteiger partial charge in [-0.3, -0.25) is 9.59 Å². The summed E-state index contributed by atoms with van der Waals surface area (Å²) in [5.74, 6) is 0.711. The molecule has 2 aromatic carbocycles. The molecule has 1 aliphatic heterocycles. The van der Waals surface area contributed by atoms with E-state index in [2.05, 4.69) is 6.92 Å². The van der Waals surface area contributed by atoms with Gasteiger partial charge in [0.25, 0.3) is 11.8 Å². The molecule has 0 spiro atoms. The first kappa shape index (κ1) is 18.3. The lowest BCUT2D eigenvalue weighted by atomic mass is 10.0. The van der Waals surface area contributed by atoms with Crippen LogP contribution >= 0.6 is 11.8 Å². The van der Waals surface area contributed by atoms with Crippen molar-refractivity contribution in [3.8, 4) is 5.75 Å². The van der Waals surface area contributed by atoms with Crippen LogP contribution in [-0.2, 0) is 16.0 Å². The minimum absolute atomic E-state index is 0.271. The predicted octanol–water partition coefficient (Wildman–Crippen LogP) is 4.30. The standard InChI is InChI=1S/C21H21NO3S/c1-4-14-10-12-15(13-11-14)22-20(23)18(19(21(22)24)26-5-2)16-8-6-7-9-17(16)25-3/h6-13H,4-5H2,1-3H3. The second-order valence-corrected chi connectivity index (χ2v) is 7.08. The van der Waals surface area contributed by atoms with Crippen LogP contribution in [0.5, 0.6) is 5.75 Å². The number of carbonyl (C=O) groups excluding carboxylic acids is 2. The number of anilines is 1. The van der Waals surface area contributed by atoms with Gasteiger partial charge in [0, 0.05) is 5.56 Å².